The van der Waals surface area contributed by atoms with Crippen molar-refractivity contribution >= 4 is 38.3 Å². The van der Waals surface area contributed by atoms with Gasteiger partial charge in [0.1, 0.15) is 5.75 Å². The number of halogens is 2. The van der Waals surface area contributed by atoms with Gasteiger partial charge in [-0.1, -0.05) is 51.8 Å². The highest BCUT2D eigenvalue weighted by Crippen LogP contribution is 2.31. The monoisotopic (exact) mass is 284 g/mol. The molecule has 0 heterocycles. The first-order valence-electron chi connectivity index (χ1n) is 4.69. The molecule has 2 aromatic carbocycles. The zero-order chi connectivity index (χ0) is 10.7. The summed E-state index contributed by atoms with van der Waals surface area (Å²) in [6, 6.07) is 11.8. The summed E-state index contributed by atoms with van der Waals surface area (Å²) >= 11 is 9.43. The van der Waals surface area contributed by atoms with Gasteiger partial charge in [-0.3, -0.25) is 0 Å². The molecule has 0 aliphatic heterocycles. The first kappa shape index (κ1) is 10.8. The van der Waals surface area contributed by atoms with Gasteiger partial charge in [0.2, 0.25) is 0 Å². The summed E-state index contributed by atoms with van der Waals surface area (Å²) in [5.41, 5.74) is 0. The Hall–Kier alpha value is -0.730. The topological polar surface area (TPSA) is 9.23 Å². The van der Waals surface area contributed by atoms with E-state index in [1.54, 1.807) is 0 Å². The van der Waals surface area contributed by atoms with Gasteiger partial charge in [-0.25, -0.2) is 0 Å². The SMILES string of the molecule is Clc1ccc(OCCBr)c2ccccc12. The Morgan fingerprint density at radius 2 is 1.80 bits per heavy atom. The number of ether oxygens (including phenoxy) is 1. The second-order valence-corrected chi connectivity index (χ2v) is 4.33. The second-order valence-electron chi connectivity index (χ2n) is 3.13. The van der Waals surface area contributed by atoms with Crippen LogP contribution in [-0.4, -0.2) is 11.9 Å². The van der Waals surface area contributed by atoms with E-state index < -0.39 is 0 Å². The highest BCUT2D eigenvalue weighted by Gasteiger charge is 2.04. The molecule has 1 nitrogen and oxygen atoms in total. The summed E-state index contributed by atoms with van der Waals surface area (Å²) in [4.78, 5) is 0. The third-order valence-electron chi connectivity index (χ3n) is 2.17. The van der Waals surface area contributed by atoms with Crippen LogP contribution in [-0.2, 0) is 0 Å². The highest BCUT2D eigenvalue weighted by molar-refractivity contribution is 9.09. The Kier molecular flexibility index (Phi) is 3.49. The van der Waals surface area contributed by atoms with Crippen molar-refractivity contribution in [2.45, 2.75) is 0 Å². The van der Waals surface area contributed by atoms with E-state index in [0.29, 0.717) is 6.61 Å². The third kappa shape index (κ3) is 2.27. The van der Waals surface area contributed by atoms with E-state index in [0.717, 1.165) is 26.9 Å². The molecule has 0 spiro atoms. The van der Waals surface area contributed by atoms with E-state index in [1.807, 2.05) is 36.4 Å². The Morgan fingerprint density at radius 1 is 1.07 bits per heavy atom. The lowest BCUT2D eigenvalue weighted by Crippen LogP contribution is -1.98. The molecule has 2 aromatic rings. The third-order valence-corrected chi connectivity index (χ3v) is 2.82. The lowest BCUT2D eigenvalue weighted by Gasteiger charge is -2.08. The fourth-order valence-electron chi connectivity index (χ4n) is 1.51. The van der Waals surface area contributed by atoms with Crippen molar-refractivity contribution < 1.29 is 4.74 Å². The maximum atomic E-state index is 6.10. The number of rotatable bonds is 3. The molecule has 0 aliphatic carbocycles. The van der Waals surface area contributed by atoms with Crippen LogP contribution in [0.15, 0.2) is 36.4 Å². The van der Waals surface area contributed by atoms with Crippen LogP contribution in [0.4, 0.5) is 0 Å². The van der Waals surface area contributed by atoms with Crippen molar-refractivity contribution in [1.82, 2.24) is 0 Å². The van der Waals surface area contributed by atoms with Crippen molar-refractivity contribution in [3.63, 3.8) is 0 Å². The van der Waals surface area contributed by atoms with E-state index >= 15 is 0 Å². The zero-order valence-electron chi connectivity index (χ0n) is 8.04. The minimum atomic E-state index is 0.658. The molecular formula is C12H10BrClO. The van der Waals surface area contributed by atoms with Crippen molar-refractivity contribution in [2.75, 3.05) is 11.9 Å². The molecule has 0 saturated heterocycles. The first-order valence-corrected chi connectivity index (χ1v) is 6.19. The van der Waals surface area contributed by atoms with E-state index in [-0.39, 0.29) is 0 Å². The van der Waals surface area contributed by atoms with Gasteiger partial charge in [0.05, 0.1) is 6.61 Å². The van der Waals surface area contributed by atoms with E-state index in [2.05, 4.69) is 15.9 Å². The molecule has 0 N–H and O–H groups in total. The minimum Gasteiger partial charge on any atom is -0.492 e. The van der Waals surface area contributed by atoms with Gasteiger partial charge >= 0.3 is 0 Å². The van der Waals surface area contributed by atoms with Gasteiger partial charge < -0.3 is 4.74 Å². The summed E-state index contributed by atoms with van der Waals surface area (Å²) in [6.07, 6.45) is 0. The summed E-state index contributed by atoms with van der Waals surface area (Å²) in [7, 11) is 0. The Bertz CT molecular complexity index is 470. The Balaban J connectivity index is 2.51. The molecule has 3 heteroatoms. The van der Waals surface area contributed by atoms with Crippen LogP contribution in [0.25, 0.3) is 10.8 Å². The molecule has 0 atom stereocenters. The van der Waals surface area contributed by atoms with Crippen LogP contribution in [0.5, 0.6) is 5.75 Å². The number of fused-ring (bicyclic) bond motifs is 1. The molecule has 0 radical (unpaired) electrons. The predicted octanol–water partition coefficient (Wildman–Crippen LogP) is 4.27. The molecule has 0 aliphatic rings. The van der Waals surface area contributed by atoms with E-state index in [4.69, 9.17) is 16.3 Å². The van der Waals surface area contributed by atoms with Gasteiger partial charge in [-0.2, -0.15) is 0 Å². The quantitative estimate of drug-likeness (QED) is 0.765. The molecule has 0 aromatic heterocycles. The second kappa shape index (κ2) is 4.86. The largest absolute Gasteiger partial charge is 0.492 e. The van der Waals surface area contributed by atoms with Crippen molar-refractivity contribution in [2.24, 2.45) is 0 Å². The molecule has 78 valence electrons. The van der Waals surface area contributed by atoms with Gasteiger partial charge in [0, 0.05) is 21.1 Å². The number of hydrogen-bond donors (Lipinski definition) is 0. The van der Waals surface area contributed by atoms with Gasteiger partial charge in [0.15, 0.2) is 0 Å². The molecule has 15 heavy (non-hydrogen) atoms. The molecule has 0 unspecified atom stereocenters. The molecule has 0 amide bonds. The van der Waals surface area contributed by atoms with Crippen LogP contribution >= 0.6 is 27.5 Å². The van der Waals surface area contributed by atoms with Crippen LogP contribution in [0.3, 0.4) is 0 Å². The van der Waals surface area contributed by atoms with E-state index in [9.17, 15) is 0 Å². The average molecular weight is 286 g/mol. The molecule has 0 saturated carbocycles. The van der Waals surface area contributed by atoms with Crippen molar-refractivity contribution in [3.8, 4) is 5.75 Å². The van der Waals surface area contributed by atoms with Crippen LogP contribution in [0, 0.1) is 0 Å². The average Bonchev–Trinajstić information content (AvgIpc) is 2.29. The van der Waals surface area contributed by atoms with Crippen LogP contribution < -0.4 is 4.74 Å². The van der Waals surface area contributed by atoms with Crippen molar-refractivity contribution in [1.29, 1.82) is 0 Å². The minimum absolute atomic E-state index is 0.658. The lowest BCUT2D eigenvalue weighted by atomic mass is 10.1. The zero-order valence-corrected chi connectivity index (χ0v) is 10.4. The lowest BCUT2D eigenvalue weighted by molar-refractivity contribution is 0.349. The maximum Gasteiger partial charge on any atom is 0.127 e. The van der Waals surface area contributed by atoms with Crippen molar-refractivity contribution in [3.05, 3.63) is 41.4 Å². The van der Waals surface area contributed by atoms with Gasteiger partial charge in [0.25, 0.3) is 0 Å². The Labute approximate surface area is 102 Å². The molecule has 2 rings (SSSR count). The smallest absolute Gasteiger partial charge is 0.127 e. The van der Waals surface area contributed by atoms with Gasteiger partial charge in [-0.15, -0.1) is 0 Å². The molecule has 0 fully saturated rings. The fourth-order valence-corrected chi connectivity index (χ4v) is 1.90. The Morgan fingerprint density at radius 3 is 2.53 bits per heavy atom. The maximum absolute atomic E-state index is 6.10. The fraction of sp³-hybridized carbons (Fsp3) is 0.167. The number of alkyl halides is 1. The molecular weight excluding hydrogens is 275 g/mol. The highest BCUT2D eigenvalue weighted by atomic mass is 79.9. The summed E-state index contributed by atoms with van der Waals surface area (Å²) in [5, 5.41) is 3.68. The van der Waals surface area contributed by atoms with Crippen LogP contribution in [0.1, 0.15) is 0 Å². The van der Waals surface area contributed by atoms with Gasteiger partial charge in [-0.05, 0) is 12.1 Å². The van der Waals surface area contributed by atoms with E-state index in [1.165, 1.54) is 0 Å². The molecule has 0 bridgehead atoms. The summed E-state index contributed by atoms with van der Waals surface area (Å²) < 4.78 is 5.62. The number of hydrogen-bond acceptors (Lipinski definition) is 1. The summed E-state index contributed by atoms with van der Waals surface area (Å²) in [5.74, 6) is 0.884. The summed E-state index contributed by atoms with van der Waals surface area (Å²) in [6.45, 7) is 0.658. The standard InChI is InChI=1S/C12H10BrClO/c13-7-8-15-12-6-5-11(14)9-3-1-2-4-10(9)12/h1-6H,7-8H2. The number of benzene rings is 2. The normalized spacial score (nSPS) is 10.5. The first-order chi connectivity index (χ1) is 7.33. The predicted molar refractivity (Wildman–Crippen MR) is 68.2 cm³/mol. The van der Waals surface area contributed by atoms with Crippen LogP contribution in [0.2, 0.25) is 5.02 Å².